The van der Waals surface area contributed by atoms with Crippen molar-refractivity contribution in [3.05, 3.63) is 34.9 Å². The van der Waals surface area contributed by atoms with E-state index >= 15 is 0 Å². The van der Waals surface area contributed by atoms with Gasteiger partial charge < -0.3 is 5.32 Å². The summed E-state index contributed by atoms with van der Waals surface area (Å²) in [5.41, 5.74) is 1.40. The Balaban J connectivity index is 2.63. The van der Waals surface area contributed by atoms with Crippen LogP contribution in [0.3, 0.4) is 0 Å². The molecule has 0 saturated carbocycles. The predicted octanol–water partition coefficient (Wildman–Crippen LogP) is 4.93. The summed E-state index contributed by atoms with van der Waals surface area (Å²) >= 11 is 5.96. The average molecular weight is 282 g/mol. The molecule has 0 amide bonds. The number of benzene rings is 1. The second-order valence-electron chi connectivity index (χ2n) is 5.37. The molecule has 0 aliphatic heterocycles. The average Bonchev–Trinajstić information content (AvgIpc) is 2.42. The fraction of sp³-hybridized carbons (Fsp3) is 0.647. The minimum Gasteiger partial charge on any atom is -0.316 e. The van der Waals surface area contributed by atoms with E-state index < -0.39 is 0 Å². The summed E-state index contributed by atoms with van der Waals surface area (Å²) in [6.45, 7) is 9.09. The molecule has 0 radical (unpaired) electrons. The van der Waals surface area contributed by atoms with Crippen LogP contribution in [-0.2, 0) is 6.42 Å². The minimum absolute atomic E-state index is 0.725. The number of hydrogen-bond donors (Lipinski definition) is 1. The molecule has 2 heteroatoms. The zero-order valence-electron chi connectivity index (χ0n) is 12.6. The molecule has 1 aromatic carbocycles. The number of nitrogens with one attached hydrogen (secondary N) is 1. The lowest BCUT2D eigenvalue weighted by atomic mass is 9.83. The zero-order valence-corrected chi connectivity index (χ0v) is 13.3. The third-order valence-corrected chi connectivity index (χ3v) is 4.21. The van der Waals surface area contributed by atoms with Crippen LogP contribution in [0, 0.1) is 11.8 Å². The molecule has 0 aliphatic carbocycles. The summed E-state index contributed by atoms with van der Waals surface area (Å²) in [5, 5.41) is 4.42. The van der Waals surface area contributed by atoms with Gasteiger partial charge in [-0.1, -0.05) is 57.3 Å². The molecular formula is C17H28ClN. The van der Waals surface area contributed by atoms with Gasteiger partial charge in [0.15, 0.2) is 0 Å². The zero-order chi connectivity index (χ0) is 14.1. The van der Waals surface area contributed by atoms with E-state index in [1.54, 1.807) is 0 Å². The van der Waals surface area contributed by atoms with Crippen molar-refractivity contribution in [1.29, 1.82) is 0 Å². The van der Waals surface area contributed by atoms with Crippen molar-refractivity contribution in [3.63, 3.8) is 0 Å². The van der Waals surface area contributed by atoms with Crippen molar-refractivity contribution in [2.75, 3.05) is 13.1 Å². The summed E-state index contributed by atoms with van der Waals surface area (Å²) in [6, 6.07) is 8.33. The lowest BCUT2D eigenvalue weighted by molar-refractivity contribution is 0.298. The van der Waals surface area contributed by atoms with E-state index in [1.807, 2.05) is 12.1 Å². The smallest absolute Gasteiger partial charge is 0.0406 e. The summed E-state index contributed by atoms with van der Waals surface area (Å²) in [6.07, 6.45) is 4.89. The highest BCUT2D eigenvalue weighted by molar-refractivity contribution is 6.30. The Kier molecular flexibility index (Phi) is 8.16. The first kappa shape index (κ1) is 16.5. The van der Waals surface area contributed by atoms with E-state index in [1.165, 1.54) is 24.8 Å². The molecule has 1 unspecified atom stereocenters. The van der Waals surface area contributed by atoms with Crippen LogP contribution in [0.15, 0.2) is 24.3 Å². The second kappa shape index (κ2) is 9.39. The van der Waals surface area contributed by atoms with Crippen LogP contribution in [0.5, 0.6) is 0 Å². The monoisotopic (exact) mass is 281 g/mol. The normalized spacial score (nSPS) is 12.9. The van der Waals surface area contributed by atoms with Gasteiger partial charge >= 0.3 is 0 Å². The van der Waals surface area contributed by atoms with Crippen molar-refractivity contribution in [2.24, 2.45) is 11.8 Å². The molecule has 0 spiro atoms. The van der Waals surface area contributed by atoms with Crippen LogP contribution in [0.25, 0.3) is 0 Å². The standard InChI is InChI=1S/C17H28ClN/c1-4-11-19-13-16(15(5-2)6-3)12-14-7-9-17(18)10-8-14/h7-10,15-16,19H,4-6,11-13H2,1-3H3. The van der Waals surface area contributed by atoms with Crippen LogP contribution in [0.2, 0.25) is 5.02 Å². The Bertz CT molecular complexity index is 330. The van der Waals surface area contributed by atoms with E-state index in [-0.39, 0.29) is 0 Å². The molecule has 0 bridgehead atoms. The number of rotatable bonds is 9. The van der Waals surface area contributed by atoms with Gasteiger partial charge in [0.1, 0.15) is 0 Å². The molecule has 1 nitrogen and oxygen atoms in total. The first-order valence-electron chi connectivity index (χ1n) is 7.66. The van der Waals surface area contributed by atoms with Crippen molar-refractivity contribution >= 4 is 11.6 Å². The summed E-state index contributed by atoms with van der Waals surface area (Å²) in [5.74, 6) is 1.53. The van der Waals surface area contributed by atoms with Crippen LogP contribution in [0.4, 0.5) is 0 Å². The lowest BCUT2D eigenvalue weighted by Crippen LogP contribution is -2.30. The minimum atomic E-state index is 0.725. The van der Waals surface area contributed by atoms with Gasteiger partial charge in [-0.3, -0.25) is 0 Å². The largest absolute Gasteiger partial charge is 0.316 e. The molecule has 1 atom stereocenters. The first-order chi connectivity index (χ1) is 9.21. The van der Waals surface area contributed by atoms with Gasteiger partial charge in [0, 0.05) is 5.02 Å². The molecule has 19 heavy (non-hydrogen) atoms. The third-order valence-electron chi connectivity index (χ3n) is 3.96. The second-order valence-corrected chi connectivity index (χ2v) is 5.81. The van der Waals surface area contributed by atoms with Crippen LogP contribution in [-0.4, -0.2) is 13.1 Å². The summed E-state index contributed by atoms with van der Waals surface area (Å²) in [7, 11) is 0. The number of hydrogen-bond acceptors (Lipinski definition) is 1. The van der Waals surface area contributed by atoms with Crippen LogP contribution < -0.4 is 5.32 Å². The summed E-state index contributed by atoms with van der Waals surface area (Å²) < 4.78 is 0. The molecule has 108 valence electrons. The molecule has 0 aromatic heterocycles. The van der Waals surface area contributed by atoms with Gasteiger partial charge in [-0.2, -0.15) is 0 Å². The van der Waals surface area contributed by atoms with Crippen molar-refractivity contribution in [1.82, 2.24) is 5.32 Å². The molecule has 1 aromatic rings. The Hall–Kier alpha value is -0.530. The molecular weight excluding hydrogens is 254 g/mol. The molecule has 0 heterocycles. The van der Waals surface area contributed by atoms with E-state index in [2.05, 4.69) is 38.2 Å². The highest BCUT2D eigenvalue weighted by Gasteiger charge is 2.18. The molecule has 0 aliphatic rings. The topological polar surface area (TPSA) is 12.0 Å². The van der Waals surface area contributed by atoms with E-state index in [0.717, 1.165) is 36.4 Å². The molecule has 0 saturated heterocycles. The molecule has 1 N–H and O–H groups in total. The van der Waals surface area contributed by atoms with Gasteiger partial charge in [-0.25, -0.2) is 0 Å². The van der Waals surface area contributed by atoms with Gasteiger partial charge in [-0.05, 0) is 55.5 Å². The SMILES string of the molecule is CCCNCC(Cc1ccc(Cl)cc1)C(CC)CC. The Morgan fingerprint density at radius 1 is 1.00 bits per heavy atom. The maximum absolute atomic E-state index is 5.96. The Morgan fingerprint density at radius 2 is 1.63 bits per heavy atom. The third kappa shape index (κ3) is 5.97. The van der Waals surface area contributed by atoms with Gasteiger partial charge in [0.05, 0.1) is 0 Å². The van der Waals surface area contributed by atoms with Crippen molar-refractivity contribution in [3.8, 4) is 0 Å². The highest BCUT2D eigenvalue weighted by Crippen LogP contribution is 2.24. The van der Waals surface area contributed by atoms with E-state index in [0.29, 0.717) is 0 Å². The van der Waals surface area contributed by atoms with Gasteiger partial charge in [0.25, 0.3) is 0 Å². The predicted molar refractivity (Wildman–Crippen MR) is 85.9 cm³/mol. The van der Waals surface area contributed by atoms with Crippen LogP contribution >= 0.6 is 11.6 Å². The van der Waals surface area contributed by atoms with Crippen LogP contribution in [0.1, 0.15) is 45.6 Å². The maximum atomic E-state index is 5.96. The van der Waals surface area contributed by atoms with Crippen molar-refractivity contribution in [2.45, 2.75) is 46.5 Å². The maximum Gasteiger partial charge on any atom is 0.0406 e. The quantitative estimate of drug-likeness (QED) is 0.633. The van der Waals surface area contributed by atoms with Gasteiger partial charge in [0.2, 0.25) is 0 Å². The Morgan fingerprint density at radius 3 is 2.16 bits per heavy atom. The fourth-order valence-corrected chi connectivity index (χ4v) is 2.87. The lowest BCUT2D eigenvalue weighted by Gasteiger charge is -2.26. The van der Waals surface area contributed by atoms with E-state index in [4.69, 9.17) is 11.6 Å². The first-order valence-corrected chi connectivity index (χ1v) is 8.04. The molecule has 1 rings (SSSR count). The summed E-state index contributed by atoms with van der Waals surface area (Å²) in [4.78, 5) is 0. The molecule has 0 fully saturated rings. The van der Waals surface area contributed by atoms with Crippen molar-refractivity contribution < 1.29 is 0 Å². The Labute approximate surface area is 123 Å². The number of halogens is 1. The fourth-order valence-electron chi connectivity index (χ4n) is 2.75. The van der Waals surface area contributed by atoms with E-state index in [9.17, 15) is 0 Å². The van der Waals surface area contributed by atoms with Gasteiger partial charge in [-0.15, -0.1) is 0 Å². The highest BCUT2D eigenvalue weighted by atomic mass is 35.5.